The summed E-state index contributed by atoms with van der Waals surface area (Å²) in [5.41, 5.74) is 6.19. The second-order valence-corrected chi connectivity index (χ2v) is 7.09. The third-order valence-corrected chi connectivity index (χ3v) is 5.22. The molecule has 0 radical (unpaired) electrons. The number of piperazine rings is 1. The van der Waals surface area contributed by atoms with Crippen molar-refractivity contribution in [2.45, 2.75) is 12.8 Å². The Labute approximate surface area is 155 Å². The molecule has 2 aromatic rings. The topological polar surface area (TPSA) is 31.7 Å². The number of nitrogens with zero attached hydrogens (tertiary/aromatic N) is 4. The van der Waals surface area contributed by atoms with Gasteiger partial charge >= 0.3 is 0 Å². The number of pyridine rings is 1. The van der Waals surface area contributed by atoms with Crippen LogP contribution in [0.1, 0.15) is 24.0 Å². The fourth-order valence-electron chi connectivity index (χ4n) is 3.73. The lowest BCUT2D eigenvalue weighted by Crippen LogP contribution is -2.44. The van der Waals surface area contributed by atoms with Gasteiger partial charge in [-0.15, -0.1) is 0 Å². The van der Waals surface area contributed by atoms with Gasteiger partial charge < -0.3 is 9.80 Å². The quantitative estimate of drug-likeness (QED) is 0.852. The van der Waals surface area contributed by atoms with Crippen LogP contribution >= 0.6 is 0 Å². The first-order valence-electron chi connectivity index (χ1n) is 9.49. The SMILES string of the molecule is CN1CCN(c2ccccc2/C=C2\CCCN=C2c2cccnc2)CC1. The Balaban J connectivity index is 1.67. The molecule has 1 fully saturated rings. The Morgan fingerprint density at radius 3 is 2.65 bits per heavy atom. The van der Waals surface area contributed by atoms with Crippen LogP contribution in [0.3, 0.4) is 0 Å². The minimum absolute atomic E-state index is 0.904. The van der Waals surface area contributed by atoms with E-state index in [9.17, 15) is 0 Å². The number of aliphatic imine (C=N–C) groups is 1. The summed E-state index contributed by atoms with van der Waals surface area (Å²) < 4.78 is 0. The number of benzene rings is 1. The summed E-state index contributed by atoms with van der Waals surface area (Å²) in [7, 11) is 2.20. The molecule has 4 nitrogen and oxygen atoms in total. The highest BCUT2D eigenvalue weighted by Gasteiger charge is 2.18. The van der Waals surface area contributed by atoms with Crippen LogP contribution in [0.5, 0.6) is 0 Å². The highest BCUT2D eigenvalue weighted by Crippen LogP contribution is 2.27. The van der Waals surface area contributed by atoms with E-state index in [1.54, 1.807) is 0 Å². The number of aromatic nitrogens is 1. The molecule has 4 heteroatoms. The van der Waals surface area contributed by atoms with E-state index in [1.165, 1.54) is 16.8 Å². The summed E-state index contributed by atoms with van der Waals surface area (Å²) >= 11 is 0. The number of anilines is 1. The molecule has 1 aromatic heterocycles. The van der Waals surface area contributed by atoms with E-state index >= 15 is 0 Å². The van der Waals surface area contributed by atoms with Gasteiger partial charge in [0.05, 0.1) is 5.71 Å². The van der Waals surface area contributed by atoms with Gasteiger partial charge in [0.25, 0.3) is 0 Å². The monoisotopic (exact) mass is 346 g/mol. The molecule has 0 aliphatic carbocycles. The molecule has 0 spiro atoms. The van der Waals surface area contributed by atoms with Crippen LogP contribution in [0.15, 0.2) is 59.4 Å². The van der Waals surface area contributed by atoms with Crippen LogP contribution < -0.4 is 4.90 Å². The smallest absolute Gasteiger partial charge is 0.0694 e. The number of rotatable bonds is 3. The highest BCUT2D eigenvalue weighted by atomic mass is 15.2. The molecule has 0 amide bonds. The number of allylic oxidation sites excluding steroid dienone is 1. The molecular formula is C22H26N4. The number of hydrogen-bond acceptors (Lipinski definition) is 4. The molecule has 0 atom stereocenters. The molecule has 1 aromatic carbocycles. The van der Waals surface area contributed by atoms with Crippen LogP contribution in [0.25, 0.3) is 6.08 Å². The number of para-hydroxylation sites is 1. The lowest BCUT2D eigenvalue weighted by Gasteiger charge is -2.35. The van der Waals surface area contributed by atoms with Crippen molar-refractivity contribution in [3.8, 4) is 0 Å². The van der Waals surface area contributed by atoms with Crippen LogP contribution in [0.2, 0.25) is 0 Å². The predicted molar refractivity (Wildman–Crippen MR) is 109 cm³/mol. The van der Waals surface area contributed by atoms with Gasteiger partial charge in [0.2, 0.25) is 0 Å². The van der Waals surface area contributed by atoms with Gasteiger partial charge in [-0.1, -0.05) is 18.2 Å². The zero-order chi connectivity index (χ0) is 17.8. The maximum absolute atomic E-state index is 4.82. The maximum atomic E-state index is 4.82. The molecule has 0 saturated carbocycles. The van der Waals surface area contributed by atoms with E-state index in [4.69, 9.17) is 4.99 Å². The molecule has 4 rings (SSSR count). The van der Waals surface area contributed by atoms with E-state index in [0.29, 0.717) is 0 Å². The molecule has 2 aliphatic heterocycles. The van der Waals surface area contributed by atoms with Gasteiger partial charge in [0.1, 0.15) is 0 Å². The zero-order valence-corrected chi connectivity index (χ0v) is 15.4. The van der Waals surface area contributed by atoms with E-state index in [2.05, 4.69) is 58.2 Å². The van der Waals surface area contributed by atoms with E-state index in [1.807, 2.05) is 18.5 Å². The first-order chi connectivity index (χ1) is 12.8. The minimum Gasteiger partial charge on any atom is -0.368 e. The van der Waals surface area contributed by atoms with E-state index < -0.39 is 0 Å². The molecule has 0 unspecified atom stereocenters. The first kappa shape index (κ1) is 17.0. The van der Waals surface area contributed by atoms with Gasteiger partial charge in [-0.2, -0.15) is 0 Å². The van der Waals surface area contributed by atoms with Crippen molar-refractivity contribution in [3.05, 3.63) is 65.5 Å². The second kappa shape index (κ2) is 7.83. The first-order valence-corrected chi connectivity index (χ1v) is 9.49. The lowest BCUT2D eigenvalue weighted by molar-refractivity contribution is 0.313. The Bertz CT molecular complexity index is 802. The molecular weight excluding hydrogens is 320 g/mol. The maximum Gasteiger partial charge on any atom is 0.0694 e. The molecule has 26 heavy (non-hydrogen) atoms. The summed E-state index contributed by atoms with van der Waals surface area (Å²) in [6.45, 7) is 5.31. The van der Waals surface area contributed by atoms with Crippen molar-refractivity contribution in [1.29, 1.82) is 0 Å². The predicted octanol–water partition coefficient (Wildman–Crippen LogP) is 3.50. The Hall–Kier alpha value is -2.46. The summed E-state index contributed by atoms with van der Waals surface area (Å²) in [4.78, 5) is 14.0. The van der Waals surface area contributed by atoms with Crippen LogP contribution in [-0.4, -0.2) is 55.4 Å². The summed E-state index contributed by atoms with van der Waals surface area (Å²) in [5.74, 6) is 0. The largest absolute Gasteiger partial charge is 0.368 e. The van der Waals surface area contributed by atoms with Crippen molar-refractivity contribution in [2.24, 2.45) is 4.99 Å². The van der Waals surface area contributed by atoms with Crippen molar-refractivity contribution in [3.63, 3.8) is 0 Å². The summed E-state index contributed by atoms with van der Waals surface area (Å²) in [6.07, 6.45) is 8.28. The molecule has 134 valence electrons. The van der Waals surface area contributed by atoms with Crippen molar-refractivity contribution in [1.82, 2.24) is 9.88 Å². The molecule has 2 aliphatic rings. The van der Waals surface area contributed by atoms with E-state index in [0.717, 1.165) is 56.8 Å². The third-order valence-electron chi connectivity index (χ3n) is 5.22. The van der Waals surface area contributed by atoms with Crippen molar-refractivity contribution < 1.29 is 0 Å². The van der Waals surface area contributed by atoms with Crippen LogP contribution in [0, 0.1) is 0 Å². The van der Waals surface area contributed by atoms with Gasteiger partial charge in [-0.05, 0) is 55.3 Å². The highest BCUT2D eigenvalue weighted by molar-refractivity contribution is 6.15. The summed E-state index contributed by atoms with van der Waals surface area (Å²) in [5, 5.41) is 0. The number of hydrogen-bond donors (Lipinski definition) is 0. The number of likely N-dealkylation sites (N-methyl/N-ethyl adjacent to an activating group) is 1. The molecule has 1 saturated heterocycles. The minimum atomic E-state index is 0.904. The van der Waals surface area contributed by atoms with Gasteiger partial charge in [0, 0.05) is 56.4 Å². The standard InChI is InChI=1S/C22H26N4/c1-25-12-14-26(15-13-25)21-9-3-2-6-18(21)16-19-7-5-11-24-22(19)20-8-4-10-23-17-20/h2-4,6,8-10,16-17H,5,7,11-15H2,1H3/b19-16+. The van der Waals surface area contributed by atoms with Gasteiger partial charge in [-0.25, -0.2) is 0 Å². The Kier molecular flexibility index (Phi) is 5.12. The van der Waals surface area contributed by atoms with Gasteiger partial charge in [0.15, 0.2) is 0 Å². The molecule has 0 N–H and O–H groups in total. The normalized spacial score (nSPS) is 20.3. The van der Waals surface area contributed by atoms with Crippen LogP contribution in [-0.2, 0) is 0 Å². The molecule has 0 bridgehead atoms. The zero-order valence-electron chi connectivity index (χ0n) is 15.4. The molecule has 3 heterocycles. The van der Waals surface area contributed by atoms with Gasteiger partial charge in [-0.3, -0.25) is 9.98 Å². The van der Waals surface area contributed by atoms with Crippen molar-refractivity contribution >= 4 is 17.5 Å². The average molecular weight is 346 g/mol. The van der Waals surface area contributed by atoms with E-state index in [-0.39, 0.29) is 0 Å². The Morgan fingerprint density at radius 2 is 1.85 bits per heavy atom. The fourth-order valence-corrected chi connectivity index (χ4v) is 3.73. The second-order valence-electron chi connectivity index (χ2n) is 7.09. The summed E-state index contributed by atoms with van der Waals surface area (Å²) in [6, 6.07) is 12.9. The van der Waals surface area contributed by atoms with Crippen molar-refractivity contribution in [2.75, 3.05) is 44.7 Å². The fraction of sp³-hybridized carbons (Fsp3) is 0.364. The average Bonchev–Trinajstić information content (AvgIpc) is 2.70. The van der Waals surface area contributed by atoms with Crippen LogP contribution in [0.4, 0.5) is 5.69 Å². The third kappa shape index (κ3) is 3.70. The Morgan fingerprint density at radius 1 is 1.00 bits per heavy atom. The lowest BCUT2D eigenvalue weighted by atomic mass is 9.94.